The Morgan fingerprint density at radius 1 is 1.33 bits per heavy atom. The number of hydrogen-bond donors (Lipinski definition) is 1. The Bertz CT molecular complexity index is 547. The molecule has 1 atom stereocenters. The molecule has 3 rings (SSSR count). The second-order valence-electron chi connectivity index (χ2n) is 4.83. The van der Waals surface area contributed by atoms with Gasteiger partial charge in [-0.15, -0.1) is 0 Å². The Kier molecular flexibility index (Phi) is 3.15. The summed E-state index contributed by atoms with van der Waals surface area (Å²) in [6.07, 6.45) is 4.37. The number of ether oxygens (including phenoxy) is 1. The van der Waals surface area contributed by atoms with Gasteiger partial charge in [-0.25, -0.2) is 0 Å². The van der Waals surface area contributed by atoms with Crippen molar-refractivity contribution in [1.29, 1.82) is 0 Å². The van der Waals surface area contributed by atoms with Gasteiger partial charge in [-0.2, -0.15) is 0 Å². The van der Waals surface area contributed by atoms with Crippen molar-refractivity contribution in [2.75, 3.05) is 20.2 Å². The summed E-state index contributed by atoms with van der Waals surface area (Å²) in [4.78, 5) is 4.61. The van der Waals surface area contributed by atoms with E-state index in [9.17, 15) is 0 Å². The summed E-state index contributed by atoms with van der Waals surface area (Å²) >= 11 is 0. The van der Waals surface area contributed by atoms with Gasteiger partial charge in [0, 0.05) is 24.0 Å². The lowest BCUT2D eigenvalue weighted by Gasteiger charge is -2.23. The number of nitrogens with one attached hydrogen (secondary N) is 1. The van der Waals surface area contributed by atoms with Gasteiger partial charge in [0.1, 0.15) is 5.75 Å². The molecule has 1 saturated heterocycles. The fourth-order valence-electron chi connectivity index (χ4n) is 2.72. The summed E-state index contributed by atoms with van der Waals surface area (Å²) in [5, 5.41) is 5.93. The van der Waals surface area contributed by atoms with Crippen LogP contribution >= 0.6 is 0 Å². The average Bonchev–Trinajstić information content (AvgIpc) is 2.47. The molecule has 2 heterocycles. The standard InChI is InChI=1S/C15H18N2O/c1-18-13-4-5-14-11(9-13)6-8-17-15(14)12-3-2-7-16-10-12/h4-6,8-9,12,16H,2-3,7,10H2,1H3. The Balaban J connectivity index is 2.05. The minimum atomic E-state index is 0.538. The Morgan fingerprint density at radius 3 is 3.06 bits per heavy atom. The van der Waals surface area contributed by atoms with Crippen LogP contribution in [0.4, 0.5) is 0 Å². The van der Waals surface area contributed by atoms with E-state index in [1.54, 1.807) is 7.11 Å². The number of aromatic nitrogens is 1. The van der Waals surface area contributed by atoms with Crippen molar-refractivity contribution < 1.29 is 4.74 Å². The van der Waals surface area contributed by atoms with Gasteiger partial charge < -0.3 is 10.1 Å². The van der Waals surface area contributed by atoms with E-state index < -0.39 is 0 Å². The van der Waals surface area contributed by atoms with Crippen LogP contribution in [0, 0.1) is 0 Å². The molecule has 0 saturated carbocycles. The van der Waals surface area contributed by atoms with Gasteiger partial charge in [0.15, 0.2) is 0 Å². The number of fused-ring (bicyclic) bond motifs is 1. The van der Waals surface area contributed by atoms with Crippen LogP contribution in [-0.2, 0) is 0 Å². The van der Waals surface area contributed by atoms with Gasteiger partial charge in [0.25, 0.3) is 0 Å². The molecular weight excluding hydrogens is 224 g/mol. The fourth-order valence-corrected chi connectivity index (χ4v) is 2.72. The number of hydrogen-bond acceptors (Lipinski definition) is 3. The lowest BCUT2D eigenvalue weighted by molar-refractivity contribution is 0.415. The molecule has 1 aliphatic rings. The largest absolute Gasteiger partial charge is 0.497 e. The highest BCUT2D eigenvalue weighted by atomic mass is 16.5. The molecule has 1 aliphatic heterocycles. The minimum absolute atomic E-state index is 0.538. The molecule has 0 bridgehead atoms. The zero-order valence-corrected chi connectivity index (χ0v) is 10.6. The van der Waals surface area contributed by atoms with Crippen LogP contribution in [0.2, 0.25) is 0 Å². The molecule has 1 aromatic carbocycles. The minimum Gasteiger partial charge on any atom is -0.497 e. The highest BCUT2D eigenvalue weighted by Crippen LogP contribution is 2.29. The van der Waals surface area contributed by atoms with E-state index in [1.165, 1.54) is 29.3 Å². The van der Waals surface area contributed by atoms with Crippen LogP contribution in [0.15, 0.2) is 30.5 Å². The van der Waals surface area contributed by atoms with Crippen LogP contribution in [0.3, 0.4) is 0 Å². The van der Waals surface area contributed by atoms with Crippen LogP contribution in [0.5, 0.6) is 5.75 Å². The number of benzene rings is 1. The maximum Gasteiger partial charge on any atom is 0.119 e. The molecule has 1 fully saturated rings. The van der Waals surface area contributed by atoms with E-state index in [0.717, 1.165) is 18.8 Å². The normalized spacial score (nSPS) is 19.9. The van der Waals surface area contributed by atoms with E-state index in [4.69, 9.17) is 4.74 Å². The molecule has 1 N–H and O–H groups in total. The van der Waals surface area contributed by atoms with Gasteiger partial charge in [-0.05, 0) is 49.0 Å². The second kappa shape index (κ2) is 4.94. The van der Waals surface area contributed by atoms with Crippen molar-refractivity contribution in [1.82, 2.24) is 10.3 Å². The van der Waals surface area contributed by atoms with Crippen molar-refractivity contribution in [3.63, 3.8) is 0 Å². The number of piperidine rings is 1. The zero-order chi connectivity index (χ0) is 12.4. The summed E-state index contributed by atoms with van der Waals surface area (Å²) < 4.78 is 5.27. The van der Waals surface area contributed by atoms with Gasteiger partial charge in [0.05, 0.1) is 12.8 Å². The number of pyridine rings is 1. The highest BCUT2D eigenvalue weighted by Gasteiger charge is 2.18. The predicted molar refractivity (Wildman–Crippen MR) is 73.1 cm³/mol. The van der Waals surface area contributed by atoms with Crippen LogP contribution < -0.4 is 10.1 Å². The van der Waals surface area contributed by atoms with E-state index in [-0.39, 0.29) is 0 Å². The first-order valence-corrected chi connectivity index (χ1v) is 6.52. The maximum absolute atomic E-state index is 5.27. The maximum atomic E-state index is 5.27. The van der Waals surface area contributed by atoms with Crippen LogP contribution in [0.1, 0.15) is 24.5 Å². The summed E-state index contributed by atoms with van der Waals surface area (Å²) in [5.41, 5.74) is 1.22. The number of nitrogens with zero attached hydrogens (tertiary/aromatic N) is 1. The SMILES string of the molecule is COc1ccc2c(C3CCCNC3)nccc2c1. The molecule has 0 radical (unpaired) electrons. The smallest absolute Gasteiger partial charge is 0.119 e. The monoisotopic (exact) mass is 242 g/mol. The first-order valence-electron chi connectivity index (χ1n) is 6.52. The summed E-state index contributed by atoms with van der Waals surface area (Å²) in [7, 11) is 1.70. The molecule has 1 unspecified atom stereocenters. The number of rotatable bonds is 2. The molecular formula is C15H18N2O. The Labute approximate surface area is 107 Å². The Morgan fingerprint density at radius 2 is 2.28 bits per heavy atom. The van der Waals surface area contributed by atoms with Crippen molar-refractivity contribution in [3.05, 3.63) is 36.2 Å². The second-order valence-corrected chi connectivity index (χ2v) is 4.83. The molecule has 18 heavy (non-hydrogen) atoms. The number of methoxy groups -OCH3 is 1. The molecule has 2 aromatic rings. The van der Waals surface area contributed by atoms with Crippen molar-refractivity contribution in [3.8, 4) is 5.75 Å². The first kappa shape index (κ1) is 11.5. The lowest BCUT2D eigenvalue weighted by Crippen LogP contribution is -2.28. The third kappa shape index (κ3) is 2.06. The van der Waals surface area contributed by atoms with E-state index in [1.807, 2.05) is 12.3 Å². The summed E-state index contributed by atoms with van der Waals surface area (Å²) in [6, 6.07) is 8.28. The molecule has 1 aromatic heterocycles. The topological polar surface area (TPSA) is 34.1 Å². The molecule has 0 aliphatic carbocycles. The van der Waals surface area contributed by atoms with Gasteiger partial charge >= 0.3 is 0 Å². The van der Waals surface area contributed by atoms with Crippen LogP contribution in [0.25, 0.3) is 10.8 Å². The van der Waals surface area contributed by atoms with Crippen molar-refractivity contribution >= 4 is 10.8 Å². The molecule has 94 valence electrons. The van der Waals surface area contributed by atoms with Crippen molar-refractivity contribution in [2.45, 2.75) is 18.8 Å². The third-order valence-electron chi connectivity index (χ3n) is 3.69. The van der Waals surface area contributed by atoms with E-state index in [2.05, 4.69) is 28.5 Å². The molecule has 0 spiro atoms. The predicted octanol–water partition coefficient (Wildman–Crippen LogP) is 2.71. The van der Waals surface area contributed by atoms with Crippen molar-refractivity contribution in [2.24, 2.45) is 0 Å². The lowest BCUT2D eigenvalue weighted by atomic mass is 9.92. The van der Waals surface area contributed by atoms with Gasteiger partial charge in [0.2, 0.25) is 0 Å². The highest BCUT2D eigenvalue weighted by molar-refractivity contribution is 5.86. The Hall–Kier alpha value is -1.61. The third-order valence-corrected chi connectivity index (χ3v) is 3.69. The average molecular weight is 242 g/mol. The molecule has 3 nitrogen and oxygen atoms in total. The first-order chi connectivity index (χ1) is 8.88. The van der Waals surface area contributed by atoms with Crippen LogP contribution in [-0.4, -0.2) is 25.2 Å². The quantitative estimate of drug-likeness (QED) is 0.879. The van der Waals surface area contributed by atoms with Gasteiger partial charge in [-0.3, -0.25) is 4.98 Å². The van der Waals surface area contributed by atoms with E-state index >= 15 is 0 Å². The van der Waals surface area contributed by atoms with Gasteiger partial charge in [-0.1, -0.05) is 0 Å². The van der Waals surface area contributed by atoms with E-state index in [0.29, 0.717) is 5.92 Å². The summed E-state index contributed by atoms with van der Waals surface area (Å²) in [6.45, 7) is 2.17. The zero-order valence-electron chi connectivity index (χ0n) is 10.6. The summed E-state index contributed by atoms with van der Waals surface area (Å²) in [5.74, 6) is 1.44. The fraction of sp³-hybridized carbons (Fsp3) is 0.400. The molecule has 0 amide bonds. The molecule has 3 heteroatoms.